The molecule has 0 aliphatic carbocycles. The minimum Gasteiger partial charge on any atom is -0.358 e. The first-order valence-corrected chi connectivity index (χ1v) is 7.88. The zero-order valence-electron chi connectivity index (χ0n) is 12.6. The number of nitrogens with zero attached hydrogens (tertiary/aromatic N) is 2. The number of hydrogen-bond donors (Lipinski definition) is 1. The highest BCUT2D eigenvalue weighted by atomic mass is 32.1. The topological polar surface area (TPSA) is 37.8 Å². The van der Waals surface area contributed by atoms with Gasteiger partial charge in [-0.3, -0.25) is 0 Å². The number of fused-ring (bicyclic) bond motifs is 1. The molecule has 0 saturated heterocycles. The van der Waals surface area contributed by atoms with E-state index in [-0.39, 0.29) is 12.4 Å². The number of aryl methyl sites for hydroxylation is 1. The van der Waals surface area contributed by atoms with Gasteiger partial charge in [0.15, 0.2) is 0 Å². The molecular weight excluding hydrogens is 335 g/mol. The van der Waals surface area contributed by atoms with Crippen LogP contribution in [0, 0.1) is 18.8 Å². The van der Waals surface area contributed by atoms with Crippen LogP contribution in [0.1, 0.15) is 16.3 Å². The molecule has 0 saturated carbocycles. The average molecular weight is 347 g/mol. The lowest BCUT2D eigenvalue weighted by Gasteiger charge is -2.08. The Balaban J connectivity index is 1.87. The molecule has 0 unspecified atom stereocenters. The Kier molecular flexibility index (Phi) is 4.40. The standard InChI is InChI=1S/C17H12F3N3S/c1-11-10-13-14(21-9-5-8-12-6-3-2-4-7-12)22-16(17(18,19)20)23-15(13)24-11/h2-4,6-7,10H,9H2,1H3,(H,21,22,23). The van der Waals surface area contributed by atoms with Gasteiger partial charge >= 0.3 is 6.18 Å². The molecule has 0 radical (unpaired) electrons. The zero-order valence-corrected chi connectivity index (χ0v) is 13.4. The molecule has 7 heteroatoms. The second-order valence-electron chi connectivity index (χ2n) is 4.99. The summed E-state index contributed by atoms with van der Waals surface area (Å²) in [6, 6.07) is 11.1. The van der Waals surface area contributed by atoms with Crippen LogP contribution < -0.4 is 5.32 Å². The molecular formula is C17H12F3N3S. The summed E-state index contributed by atoms with van der Waals surface area (Å²) in [5, 5.41) is 3.44. The summed E-state index contributed by atoms with van der Waals surface area (Å²) in [5.41, 5.74) is 0.842. The third-order valence-corrected chi connectivity index (χ3v) is 4.06. The number of thiophene rings is 1. The van der Waals surface area contributed by atoms with E-state index in [0.717, 1.165) is 10.4 Å². The largest absolute Gasteiger partial charge is 0.451 e. The van der Waals surface area contributed by atoms with Crippen LogP contribution in [0.25, 0.3) is 10.2 Å². The van der Waals surface area contributed by atoms with E-state index in [1.165, 1.54) is 11.3 Å². The van der Waals surface area contributed by atoms with Crippen LogP contribution in [-0.4, -0.2) is 16.5 Å². The molecule has 24 heavy (non-hydrogen) atoms. The Morgan fingerprint density at radius 2 is 1.92 bits per heavy atom. The maximum atomic E-state index is 12.9. The minimum atomic E-state index is -4.59. The molecule has 0 bridgehead atoms. The summed E-state index contributed by atoms with van der Waals surface area (Å²) in [4.78, 5) is 8.42. The summed E-state index contributed by atoms with van der Waals surface area (Å²) in [5.74, 6) is 4.83. The lowest BCUT2D eigenvalue weighted by molar-refractivity contribution is -0.144. The van der Waals surface area contributed by atoms with Crippen LogP contribution in [0.4, 0.5) is 19.0 Å². The van der Waals surface area contributed by atoms with Crippen molar-refractivity contribution in [1.29, 1.82) is 0 Å². The molecule has 2 heterocycles. The highest BCUT2D eigenvalue weighted by molar-refractivity contribution is 7.18. The quantitative estimate of drug-likeness (QED) is 0.695. The Bertz CT molecular complexity index is 921. The van der Waals surface area contributed by atoms with Crippen LogP contribution in [0.5, 0.6) is 0 Å². The molecule has 0 spiro atoms. The smallest absolute Gasteiger partial charge is 0.358 e. The van der Waals surface area contributed by atoms with E-state index >= 15 is 0 Å². The van der Waals surface area contributed by atoms with E-state index in [2.05, 4.69) is 27.1 Å². The molecule has 1 N–H and O–H groups in total. The summed E-state index contributed by atoms with van der Waals surface area (Å²) < 4.78 is 38.8. The number of halogens is 3. The van der Waals surface area contributed by atoms with E-state index in [0.29, 0.717) is 10.2 Å². The molecule has 3 aromatic rings. The van der Waals surface area contributed by atoms with Gasteiger partial charge in [0.1, 0.15) is 10.6 Å². The molecule has 3 rings (SSSR count). The average Bonchev–Trinajstić information content (AvgIpc) is 2.92. The van der Waals surface area contributed by atoms with Gasteiger partial charge in [0, 0.05) is 10.4 Å². The number of benzene rings is 1. The first kappa shape index (κ1) is 16.3. The fourth-order valence-electron chi connectivity index (χ4n) is 2.10. The van der Waals surface area contributed by atoms with E-state index in [1.807, 2.05) is 37.3 Å². The van der Waals surface area contributed by atoms with E-state index in [9.17, 15) is 13.2 Å². The predicted molar refractivity (Wildman–Crippen MR) is 89.0 cm³/mol. The number of hydrogen-bond acceptors (Lipinski definition) is 4. The van der Waals surface area contributed by atoms with Gasteiger partial charge in [-0.1, -0.05) is 30.0 Å². The van der Waals surface area contributed by atoms with Gasteiger partial charge in [-0.25, -0.2) is 9.97 Å². The lowest BCUT2D eigenvalue weighted by atomic mass is 10.2. The van der Waals surface area contributed by atoms with Gasteiger partial charge in [0.05, 0.1) is 11.9 Å². The Morgan fingerprint density at radius 3 is 2.62 bits per heavy atom. The second kappa shape index (κ2) is 6.49. The number of alkyl halides is 3. The van der Waals surface area contributed by atoms with Crippen molar-refractivity contribution in [3.8, 4) is 11.8 Å². The fraction of sp³-hybridized carbons (Fsp3) is 0.176. The van der Waals surface area contributed by atoms with Gasteiger partial charge in [-0.2, -0.15) is 13.2 Å². The van der Waals surface area contributed by atoms with Crippen LogP contribution in [0.15, 0.2) is 36.4 Å². The SMILES string of the molecule is Cc1cc2c(NCC#Cc3ccccc3)nc(C(F)(F)F)nc2s1. The molecule has 0 atom stereocenters. The van der Waals surface area contributed by atoms with Crippen molar-refractivity contribution in [3.63, 3.8) is 0 Å². The van der Waals surface area contributed by atoms with Crippen molar-refractivity contribution in [1.82, 2.24) is 9.97 Å². The maximum absolute atomic E-state index is 12.9. The summed E-state index contributed by atoms with van der Waals surface area (Å²) in [6.45, 7) is 2.01. The van der Waals surface area contributed by atoms with Crippen LogP contribution in [0.3, 0.4) is 0 Å². The number of rotatable bonds is 2. The Labute approximate surface area is 140 Å². The van der Waals surface area contributed by atoms with Crippen molar-refractivity contribution >= 4 is 27.4 Å². The van der Waals surface area contributed by atoms with Crippen molar-refractivity contribution in [3.05, 3.63) is 52.7 Å². The molecule has 0 aliphatic rings. The molecule has 3 nitrogen and oxygen atoms in total. The number of anilines is 1. The Hall–Kier alpha value is -2.59. The Morgan fingerprint density at radius 1 is 1.17 bits per heavy atom. The van der Waals surface area contributed by atoms with Crippen molar-refractivity contribution in [2.75, 3.05) is 11.9 Å². The predicted octanol–water partition coefficient (Wildman–Crippen LogP) is 4.48. The molecule has 2 aromatic heterocycles. The minimum absolute atomic E-state index is 0.152. The number of nitrogens with one attached hydrogen (secondary N) is 1. The molecule has 0 fully saturated rings. The van der Waals surface area contributed by atoms with Crippen LogP contribution in [-0.2, 0) is 6.18 Å². The third kappa shape index (κ3) is 3.66. The van der Waals surface area contributed by atoms with Crippen molar-refractivity contribution < 1.29 is 13.2 Å². The maximum Gasteiger partial charge on any atom is 0.451 e. The fourth-order valence-corrected chi connectivity index (χ4v) is 2.98. The van der Waals surface area contributed by atoms with Gasteiger partial charge in [-0.05, 0) is 25.1 Å². The molecule has 1 aromatic carbocycles. The highest BCUT2D eigenvalue weighted by Gasteiger charge is 2.35. The first-order chi connectivity index (χ1) is 11.4. The van der Waals surface area contributed by atoms with Gasteiger partial charge < -0.3 is 5.32 Å². The molecule has 122 valence electrons. The van der Waals surface area contributed by atoms with Gasteiger partial charge in [0.2, 0.25) is 5.82 Å². The first-order valence-electron chi connectivity index (χ1n) is 7.06. The van der Waals surface area contributed by atoms with Gasteiger partial charge in [-0.15, -0.1) is 11.3 Å². The number of aromatic nitrogens is 2. The normalized spacial score (nSPS) is 11.2. The van der Waals surface area contributed by atoms with Gasteiger partial charge in [0.25, 0.3) is 0 Å². The van der Waals surface area contributed by atoms with E-state index in [1.54, 1.807) is 6.07 Å². The molecule has 0 aliphatic heterocycles. The van der Waals surface area contributed by atoms with E-state index in [4.69, 9.17) is 0 Å². The third-order valence-electron chi connectivity index (χ3n) is 3.12. The summed E-state index contributed by atoms with van der Waals surface area (Å²) >= 11 is 1.21. The second-order valence-corrected chi connectivity index (χ2v) is 6.23. The summed E-state index contributed by atoms with van der Waals surface area (Å²) in [7, 11) is 0. The van der Waals surface area contributed by atoms with Crippen LogP contribution >= 0.6 is 11.3 Å². The zero-order chi connectivity index (χ0) is 17.2. The lowest BCUT2D eigenvalue weighted by Crippen LogP contribution is -2.13. The van der Waals surface area contributed by atoms with Crippen molar-refractivity contribution in [2.45, 2.75) is 13.1 Å². The van der Waals surface area contributed by atoms with E-state index < -0.39 is 12.0 Å². The molecule has 0 amide bonds. The highest BCUT2D eigenvalue weighted by Crippen LogP contribution is 2.33. The van der Waals surface area contributed by atoms with Crippen molar-refractivity contribution in [2.24, 2.45) is 0 Å². The monoisotopic (exact) mass is 347 g/mol. The van der Waals surface area contributed by atoms with Crippen LogP contribution in [0.2, 0.25) is 0 Å². The summed E-state index contributed by atoms with van der Waals surface area (Å²) in [6.07, 6.45) is -4.59.